The second-order valence-corrected chi connectivity index (χ2v) is 2.42. The third-order valence-corrected chi connectivity index (χ3v) is 1.41. The minimum Gasteiger partial charge on any atom is -0.291 e. The summed E-state index contributed by atoms with van der Waals surface area (Å²) in [5, 5.41) is 7.06. The van der Waals surface area contributed by atoms with Crippen molar-refractivity contribution < 1.29 is 4.79 Å². The summed E-state index contributed by atoms with van der Waals surface area (Å²) in [5.74, 6) is -0.291. The normalized spacial score (nSPS) is 10.4. The molecule has 0 aromatic rings. The topological polar surface area (TPSA) is 44.2 Å². The Balaban J connectivity index is 4.63. The second kappa shape index (κ2) is 6.60. The summed E-state index contributed by atoms with van der Waals surface area (Å²) in [4.78, 5) is 12.5. The Hall–Kier alpha value is -1.90. The van der Waals surface area contributed by atoms with Gasteiger partial charge in [-0.25, -0.2) is 0 Å². The number of nitrogens with zero attached hydrogens (tertiary/aromatic N) is 1. The largest absolute Gasteiger partial charge is 0.291 e. The Morgan fingerprint density at radius 2 is 2.07 bits per heavy atom. The van der Waals surface area contributed by atoms with Crippen LogP contribution in [0.3, 0.4) is 0 Å². The van der Waals surface area contributed by atoms with Crippen LogP contribution in [0.5, 0.6) is 0 Å². The zero-order chi connectivity index (χ0) is 11.0. The lowest BCUT2D eigenvalue weighted by Gasteiger charge is -2.14. The molecule has 3 nitrogen and oxygen atoms in total. The number of carbonyl (C=O) groups excluding carboxylic acids is 1. The Morgan fingerprint density at radius 1 is 1.43 bits per heavy atom. The number of amides is 1. The fourth-order valence-corrected chi connectivity index (χ4v) is 0.770. The third-order valence-electron chi connectivity index (χ3n) is 1.41. The highest BCUT2D eigenvalue weighted by Crippen LogP contribution is 2.02. The SMILES string of the molecule is C=C/C=C\C(=C)N(C=N)C(=O)/C=C\C. The molecule has 0 aliphatic rings. The van der Waals surface area contributed by atoms with E-state index in [2.05, 4.69) is 13.2 Å². The lowest BCUT2D eigenvalue weighted by atomic mass is 10.3. The number of hydrogen-bond acceptors (Lipinski definition) is 2. The zero-order valence-electron chi connectivity index (χ0n) is 8.23. The molecule has 0 heterocycles. The van der Waals surface area contributed by atoms with Gasteiger partial charge in [0.25, 0.3) is 5.91 Å². The number of carbonyl (C=O) groups is 1. The monoisotopic (exact) mass is 190 g/mol. The van der Waals surface area contributed by atoms with Crippen LogP contribution in [0.15, 0.2) is 49.2 Å². The van der Waals surface area contributed by atoms with E-state index >= 15 is 0 Å². The van der Waals surface area contributed by atoms with Crippen LogP contribution in [0, 0.1) is 5.41 Å². The van der Waals surface area contributed by atoms with Gasteiger partial charge in [0.2, 0.25) is 0 Å². The van der Waals surface area contributed by atoms with E-state index in [9.17, 15) is 4.79 Å². The van der Waals surface area contributed by atoms with Gasteiger partial charge in [0, 0.05) is 5.70 Å². The van der Waals surface area contributed by atoms with E-state index in [-0.39, 0.29) is 5.91 Å². The molecule has 0 aromatic heterocycles. The standard InChI is InChI=1S/C11H14N2O/c1-4-6-8-10(3)13(9-12)11(14)7-5-2/h4-9,12H,1,3H2,2H3/b7-5-,8-6-,12-9?. The van der Waals surface area contributed by atoms with Crippen LogP contribution >= 0.6 is 0 Å². The Labute approximate surface area is 84.2 Å². The molecular formula is C11H14N2O. The van der Waals surface area contributed by atoms with Crippen LogP contribution in [0.2, 0.25) is 0 Å². The van der Waals surface area contributed by atoms with Crippen molar-refractivity contribution >= 4 is 12.2 Å². The van der Waals surface area contributed by atoms with Gasteiger partial charge >= 0.3 is 0 Å². The number of nitrogens with one attached hydrogen (secondary N) is 1. The smallest absolute Gasteiger partial charge is 0.255 e. The van der Waals surface area contributed by atoms with Crippen LogP contribution < -0.4 is 0 Å². The molecule has 0 saturated heterocycles. The molecule has 0 rings (SSSR count). The van der Waals surface area contributed by atoms with Gasteiger partial charge in [-0.05, 0) is 19.1 Å². The Morgan fingerprint density at radius 3 is 2.50 bits per heavy atom. The van der Waals surface area contributed by atoms with E-state index in [0.717, 1.165) is 11.2 Å². The quantitative estimate of drug-likeness (QED) is 0.307. The first-order valence-electron chi connectivity index (χ1n) is 4.11. The van der Waals surface area contributed by atoms with E-state index < -0.39 is 0 Å². The van der Waals surface area contributed by atoms with Crippen molar-refractivity contribution in [2.75, 3.05) is 0 Å². The molecule has 14 heavy (non-hydrogen) atoms. The molecule has 1 amide bonds. The summed E-state index contributed by atoms with van der Waals surface area (Å²) in [6.45, 7) is 8.89. The van der Waals surface area contributed by atoms with Gasteiger partial charge in [-0.1, -0.05) is 31.4 Å². The molecule has 1 N–H and O–H groups in total. The van der Waals surface area contributed by atoms with Crippen molar-refractivity contribution in [3.05, 3.63) is 49.2 Å². The maximum atomic E-state index is 11.3. The molecule has 0 fully saturated rings. The van der Waals surface area contributed by atoms with Gasteiger partial charge in [0.05, 0.1) is 6.34 Å². The van der Waals surface area contributed by atoms with Crippen molar-refractivity contribution in [2.24, 2.45) is 0 Å². The Kier molecular flexibility index (Phi) is 5.70. The predicted octanol–water partition coefficient (Wildman–Crippen LogP) is 2.25. The number of rotatable bonds is 5. The predicted molar refractivity (Wildman–Crippen MR) is 58.9 cm³/mol. The molecule has 0 aliphatic carbocycles. The van der Waals surface area contributed by atoms with Crippen LogP contribution in [-0.4, -0.2) is 17.1 Å². The first kappa shape index (κ1) is 12.1. The van der Waals surface area contributed by atoms with E-state index in [1.807, 2.05) is 0 Å². The van der Waals surface area contributed by atoms with Gasteiger partial charge < -0.3 is 0 Å². The lowest BCUT2D eigenvalue weighted by Crippen LogP contribution is -2.25. The molecule has 0 bridgehead atoms. The van der Waals surface area contributed by atoms with Crippen molar-refractivity contribution in [3.63, 3.8) is 0 Å². The maximum Gasteiger partial charge on any atom is 0.255 e. The summed E-state index contributed by atoms with van der Waals surface area (Å²) in [6, 6.07) is 0. The summed E-state index contributed by atoms with van der Waals surface area (Å²) < 4.78 is 0. The summed E-state index contributed by atoms with van der Waals surface area (Å²) in [6.07, 6.45) is 8.76. The average Bonchev–Trinajstić information content (AvgIpc) is 2.16. The average molecular weight is 190 g/mol. The first-order valence-corrected chi connectivity index (χ1v) is 4.11. The third kappa shape index (κ3) is 3.67. The highest BCUT2D eigenvalue weighted by Gasteiger charge is 2.08. The molecule has 0 aliphatic heterocycles. The fourth-order valence-electron chi connectivity index (χ4n) is 0.770. The maximum absolute atomic E-state index is 11.3. The lowest BCUT2D eigenvalue weighted by molar-refractivity contribution is -0.120. The highest BCUT2D eigenvalue weighted by atomic mass is 16.2. The zero-order valence-corrected chi connectivity index (χ0v) is 8.23. The van der Waals surface area contributed by atoms with E-state index in [1.54, 1.807) is 31.2 Å². The number of allylic oxidation sites excluding steroid dienone is 4. The molecule has 0 atom stereocenters. The fraction of sp³-hybridized carbons (Fsp3) is 0.0909. The minimum absolute atomic E-state index is 0.291. The summed E-state index contributed by atoms with van der Waals surface area (Å²) >= 11 is 0. The molecule has 0 aromatic carbocycles. The van der Waals surface area contributed by atoms with Gasteiger partial charge in [-0.3, -0.25) is 15.1 Å². The summed E-state index contributed by atoms with van der Waals surface area (Å²) in [5.41, 5.74) is 0.433. The number of hydrogen-bond donors (Lipinski definition) is 1. The van der Waals surface area contributed by atoms with Gasteiger partial charge in [-0.15, -0.1) is 0 Å². The van der Waals surface area contributed by atoms with Crippen LogP contribution in [0.4, 0.5) is 0 Å². The highest BCUT2D eigenvalue weighted by molar-refractivity contribution is 5.97. The molecule has 74 valence electrons. The molecule has 0 spiro atoms. The van der Waals surface area contributed by atoms with Crippen molar-refractivity contribution in [3.8, 4) is 0 Å². The van der Waals surface area contributed by atoms with Crippen molar-refractivity contribution in [1.29, 1.82) is 5.41 Å². The van der Waals surface area contributed by atoms with E-state index in [0.29, 0.717) is 5.70 Å². The van der Waals surface area contributed by atoms with Crippen LogP contribution in [0.25, 0.3) is 0 Å². The molecule has 0 unspecified atom stereocenters. The molecular weight excluding hydrogens is 176 g/mol. The van der Waals surface area contributed by atoms with Gasteiger partial charge in [-0.2, -0.15) is 0 Å². The van der Waals surface area contributed by atoms with Crippen LogP contribution in [-0.2, 0) is 4.79 Å². The van der Waals surface area contributed by atoms with Gasteiger partial charge in [0.1, 0.15) is 0 Å². The van der Waals surface area contributed by atoms with Crippen LogP contribution in [0.1, 0.15) is 6.92 Å². The van der Waals surface area contributed by atoms with Gasteiger partial charge in [0.15, 0.2) is 0 Å². The van der Waals surface area contributed by atoms with E-state index in [4.69, 9.17) is 5.41 Å². The summed E-state index contributed by atoms with van der Waals surface area (Å²) in [7, 11) is 0. The second-order valence-electron chi connectivity index (χ2n) is 2.42. The minimum atomic E-state index is -0.291. The molecule has 3 heteroatoms. The Bertz CT molecular complexity index is 300. The van der Waals surface area contributed by atoms with Crippen molar-refractivity contribution in [2.45, 2.75) is 6.92 Å². The molecule has 0 saturated carbocycles. The van der Waals surface area contributed by atoms with Crippen molar-refractivity contribution in [1.82, 2.24) is 4.90 Å². The van der Waals surface area contributed by atoms with E-state index in [1.165, 1.54) is 6.08 Å². The first-order chi connectivity index (χ1) is 6.67. The molecule has 0 radical (unpaired) electrons.